The quantitative estimate of drug-likeness (QED) is 0.793. The molecule has 0 atom stereocenters. The van der Waals surface area contributed by atoms with Gasteiger partial charge in [-0.25, -0.2) is 4.98 Å². The maximum Gasteiger partial charge on any atom is 0.187 e. The molecule has 1 fully saturated rings. The second-order valence-electron chi connectivity index (χ2n) is 5.17. The van der Waals surface area contributed by atoms with Gasteiger partial charge in [0.1, 0.15) is 17.5 Å². The average molecular weight is 319 g/mol. The van der Waals surface area contributed by atoms with Crippen LogP contribution in [0.2, 0.25) is 5.02 Å². The Labute approximate surface area is 133 Å². The first-order valence-corrected chi connectivity index (χ1v) is 7.34. The van der Waals surface area contributed by atoms with Crippen LogP contribution in [0.3, 0.4) is 0 Å². The van der Waals surface area contributed by atoms with Crippen LogP contribution < -0.4 is 4.74 Å². The van der Waals surface area contributed by atoms with Gasteiger partial charge < -0.3 is 9.47 Å². The highest BCUT2D eigenvalue weighted by Gasteiger charge is 2.21. The van der Waals surface area contributed by atoms with E-state index in [0.717, 1.165) is 5.69 Å². The summed E-state index contributed by atoms with van der Waals surface area (Å²) in [6.45, 7) is 3.00. The molecule has 5 nitrogen and oxygen atoms in total. The highest BCUT2D eigenvalue weighted by Crippen LogP contribution is 2.19. The maximum absolute atomic E-state index is 12.4. The van der Waals surface area contributed by atoms with Crippen LogP contribution in [0.1, 0.15) is 21.9 Å². The van der Waals surface area contributed by atoms with Crippen LogP contribution >= 0.6 is 11.6 Å². The van der Waals surface area contributed by atoms with E-state index in [1.54, 1.807) is 18.2 Å². The summed E-state index contributed by atoms with van der Waals surface area (Å²) in [4.78, 5) is 20.8. The number of carbonyl (C=O) groups is 1. The fraction of sp³-hybridized carbons (Fsp3) is 0.312. The van der Waals surface area contributed by atoms with Gasteiger partial charge in [-0.1, -0.05) is 11.6 Å². The molecule has 0 spiro atoms. The van der Waals surface area contributed by atoms with E-state index in [1.807, 2.05) is 13.0 Å². The van der Waals surface area contributed by atoms with Crippen molar-refractivity contribution in [2.24, 2.45) is 0 Å². The van der Waals surface area contributed by atoms with E-state index in [4.69, 9.17) is 21.1 Å². The van der Waals surface area contributed by atoms with Gasteiger partial charge in [-0.3, -0.25) is 9.78 Å². The number of hydrogen-bond acceptors (Lipinski definition) is 5. The molecule has 0 amide bonds. The van der Waals surface area contributed by atoms with Gasteiger partial charge in [0, 0.05) is 29.7 Å². The number of ketones is 1. The minimum atomic E-state index is -0.103. The van der Waals surface area contributed by atoms with Crippen LogP contribution in [0.15, 0.2) is 30.5 Å². The summed E-state index contributed by atoms with van der Waals surface area (Å²) in [6.07, 6.45) is 1.76. The van der Waals surface area contributed by atoms with Crippen molar-refractivity contribution in [1.82, 2.24) is 9.97 Å². The first kappa shape index (κ1) is 14.9. The molecule has 2 aromatic rings. The molecule has 0 N–H and O–H groups in total. The van der Waals surface area contributed by atoms with Crippen LogP contribution in [0.4, 0.5) is 0 Å². The maximum atomic E-state index is 12.4. The summed E-state index contributed by atoms with van der Waals surface area (Å²) in [7, 11) is 0. The Morgan fingerprint density at radius 3 is 2.86 bits per heavy atom. The molecule has 1 aliphatic rings. The number of pyridine rings is 2. The molecule has 22 heavy (non-hydrogen) atoms. The molecule has 0 bridgehead atoms. The summed E-state index contributed by atoms with van der Waals surface area (Å²) in [5.41, 5.74) is 1.78. The average Bonchev–Trinajstić information content (AvgIpc) is 2.45. The Morgan fingerprint density at radius 1 is 1.41 bits per heavy atom. The molecular weight excluding hydrogens is 304 g/mol. The molecule has 2 aromatic heterocycles. The van der Waals surface area contributed by atoms with Crippen molar-refractivity contribution in [3.63, 3.8) is 0 Å². The zero-order valence-electron chi connectivity index (χ0n) is 12.1. The zero-order valence-corrected chi connectivity index (χ0v) is 12.8. The number of nitrogens with zero attached hydrogens (tertiary/aromatic N) is 2. The predicted octanol–water partition coefficient (Wildman–Crippen LogP) is 2.64. The van der Waals surface area contributed by atoms with E-state index in [0.29, 0.717) is 35.4 Å². The highest BCUT2D eigenvalue weighted by atomic mass is 35.5. The minimum absolute atomic E-state index is 0.0580. The second-order valence-corrected chi connectivity index (χ2v) is 5.61. The summed E-state index contributed by atoms with van der Waals surface area (Å²) in [5, 5.41) is 0.545. The van der Waals surface area contributed by atoms with Crippen molar-refractivity contribution in [3.8, 4) is 5.75 Å². The van der Waals surface area contributed by atoms with Crippen LogP contribution in [0.5, 0.6) is 5.75 Å². The van der Waals surface area contributed by atoms with Gasteiger partial charge in [0.25, 0.3) is 0 Å². The van der Waals surface area contributed by atoms with Crippen molar-refractivity contribution in [3.05, 3.63) is 52.6 Å². The molecule has 0 aromatic carbocycles. The van der Waals surface area contributed by atoms with Gasteiger partial charge in [-0.15, -0.1) is 0 Å². The standard InChI is InChI=1S/C16H15ClN2O3/c1-10-4-13(22-14-8-21-9-14)6-15(19-10)16(20)5-12-3-2-11(17)7-18-12/h2-4,6-7,14H,5,8-9H2,1H3. The number of hydrogen-bond donors (Lipinski definition) is 0. The van der Waals surface area contributed by atoms with E-state index >= 15 is 0 Å². The van der Waals surface area contributed by atoms with Gasteiger partial charge in [-0.05, 0) is 19.1 Å². The number of ether oxygens (including phenoxy) is 2. The molecule has 114 valence electrons. The van der Waals surface area contributed by atoms with E-state index in [1.165, 1.54) is 6.20 Å². The third-order valence-electron chi connectivity index (χ3n) is 3.25. The first-order chi connectivity index (χ1) is 10.6. The van der Waals surface area contributed by atoms with Crippen molar-refractivity contribution in [1.29, 1.82) is 0 Å². The van der Waals surface area contributed by atoms with Crippen LogP contribution in [0.25, 0.3) is 0 Å². The Kier molecular flexibility index (Phi) is 4.36. The Balaban J connectivity index is 1.74. The fourth-order valence-corrected chi connectivity index (χ4v) is 2.20. The van der Waals surface area contributed by atoms with Gasteiger partial charge in [0.2, 0.25) is 0 Å². The summed E-state index contributed by atoms with van der Waals surface area (Å²) < 4.78 is 10.8. The lowest BCUT2D eigenvalue weighted by Crippen LogP contribution is -2.38. The number of rotatable bonds is 5. The fourth-order valence-electron chi connectivity index (χ4n) is 2.09. The largest absolute Gasteiger partial charge is 0.485 e. The number of halogens is 1. The SMILES string of the molecule is Cc1cc(OC2COC2)cc(C(=O)Cc2ccc(Cl)cn2)n1. The second kappa shape index (κ2) is 6.42. The van der Waals surface area contributed by atoms with Crippen molar-refractivity contribution < 1.29 is 14.3 Å². The van der Waals surface area contributed by atoms with Crippen LogP contribution in [-0.4, -0.2) is 35.1 Å². The van der Waals surface area contributed by atoms with Gasteiger partial charge in [-0.2, -0.15) is 0 Å². The van der Waals surface area contributed by atoms with E-state index in [-0.39, 0.29) is 18.3 Å². The number of Topliss-reactive ketones (excluding diaryl/α,β-unsaturated/α-hetero) is 1. The van der Waals surface area contributed by atoms with Crippen molar-refractivity contribution >= 4 is 17.4 Å². The van der Waals surface area contributed by atoms with Crippen LogP contribution in [-0.2, 0) is 11.2 Å². The summed E-state index contributed by atoms with van der Waals surface area (Å²) >= 11 is 5.79. The van der Waals surface area contributed by atoms with E-state index in [2.05, 4.69) is 9.97 Å². The van der Waals surface area contributed by atoms with E-state index < -0.39 is 0 Å². The molecular formula is C16H15ClN2O3. The number of carbonyl (C=O) groups excluding carboxylic acids is 1. The molecule has 0 unspecified atom stereocenters. The molecule has 0 aliphatic carbocycles. The number of aryl methyl sites for hydroxylation is 1. The topological polar surface area (TPSA) is 61.3 Å². The molecule has 3 heterocycles. The molecule has 1 aliphatic heterocycles. The normalized spacial score (nSPS) is 14.5. The third kappa shape index (κ3) is 3.61. The first-order valence-electron chi connectivity index (χ1n) is 6.97. The molecule has 0 saturated carbocycles. The molecule has 1 saturated heterocycles. The van der Waals surface area contributed by atoms with Gasteiger partial charge in [0.15, 0.2) is 5.78 Å². The Morgan fingerprint density at radius 2 is 2.23 bits per heavy atom. The monoisotopic (exact) mass is 318 g/mol. The smallest absolute Gasteiger partial charge is 0.187 e. The molecule has 3 rings (SSSR count). The van der Waals surface area contributed by atoms with E-state index in [9.17, 15) is 4.79 Å². The Hall–Kier alpha value is -1.98. The lowest BCUT2D eigenvalue weighted by Gasteiger charge is -2.26. The van der Waals surface area contributed by atoms with Gasteiger partial charge >= 0.3 is 0 Å². The number of aromatic nitrogens is 2. The lowest BCUT2D eigenvalue weighted by atomic mass is 10.1. The summed E-state index contributed by atoms with van der Waals surface area (Å²) in [6, 6.07) is 6.93. The highest BCUT2D eigenvalue weighted by molar-refractivity contribution is 6.30. The Bertz CT molecular complexity index is 684. The van der Waals surface area contributed by atoms with Crippen LogP contribution in [0, 0.1) is 6.92 Å². The van der Waals surface area contributed by atoms with Gasteiger partial charge in [0.05, 0.1) is 24.7 Å². The molecule has 0 radical (unpaired) electrons. The van der Waals surface area contributed by atoms with Crippen molar-refractivity contribution in [2.75, 3.05) is 13.2 Å². The summed E-state index contributed by atoms with van der Waals surface area (Å²) in [5.74, 6) is 0.543. The zero-order chi connectivity index (χ0) is 15.5. The third-order valence-corrected chi connectivity index (χ3v) is 3.48. The lowest BCUT2D eigenvalue weighted by molar-refractivity contribution is -0.0797. The predicted molar refractivity (Wildman–Crippen MR) is 81.5 cm³/mol. The molecule has 6 heteroatoms. The minimum Gasteiger partial charge on any atom is -0.485 e. The van der Waals surface area contributed by atoms with Crippen molar-refractivity contribution in [2.45, 2.75) is 19.4 Å².